The fraction of sp³-hybridized carbons (Fsp3) is 0.0667. The average Bonchev–Trinajstić information content (AvgIpc) is 2.48. The Kier molecular flexibility index (Phi) is 3.78. The normalized spacial score (nSPS) is 10.9. The zero-order valence-electron chi connectivity index (χ0n) is 10.9. The lowest BCUT2D eigenvalue weighted by atomic mass is 10.2. The predicted molar refractivity (Wildman–Crippen MR) is 84.2 cm³/mol. The third-order valence-corrected chi connectivity index (χ3v) is 3.97. The van der Waals surface area contributed by atoms with E-state index in [4.69, 9.17) is 16.3 Å². The van der Waals surface area contributed by atoms with Gasteiger partial charge in [0.05, 0.1) is 12.6 Å². The predicted octanol–water partition coefficient (Wildman–Crippen LogP) is 4.86. The van der Waals surface area contributed by atoms with Crippen molar-refractivity contribution in [2.24, 2.45) is 0 Å². The van der Waals surface area contributed by atoms with Gasteiger partial charge in [-0.1, -0.05) is 17.7 Å². The van der Waals surface area contributed by atoms with Crippen molar-refractivity contribution in [1.29, 1.82) is 0 Å². The van der Waals surface area contributed by atoms with E-state index < -0.39 is 5.82 Å². The van der Waals surface area contributed by atoms with Crippen molar-refractivity contribution in [3.63, 3.8) is 0 Å². The number of hydrogen-bond acceptors (Lipinski definition) is 3. The molecule has 3 aromatic rings. The van der Waals surface area contributed by atoms with E-state index in [0.717, 1.165) is 9.86 Å². The van der Waals surface area contributed by atoms with E-state index in [1.807, 2.05) is 18.2 Å². The number of aromatic nitrogens is 2. The van der Waals surface area contributed by atoms with E-state index in [1.165, 1.54) is 19.2 Å². The van der Waals surface area contributed by atoms with Crippen LogP contribution in [0.5, 0.6) is 5.75 Å². The lowest BCUT2D eigenvalue weighted by molar-refractivity contribution is 0.386. The first-order valence-electron chi connectivity index (χ1n) is 6.06. The number of methoxy groups -OCH3 is 1. The largest absolute Gasteiger partial charge is 0.494 e. The monoisotopic (exact) mass is 366 g/mol. The molecule has 0 amide bonds. The fourth-order valence-electron chi connectivity index (χ4n) is 2.01. The molecule has 0 fully saturated rings. The minimum Gasteiger partial charge on any atom is -0.494 e. The van der Waals surface area contributed by atoms with Crippen LogP contribution < -0.4 is 4.74 Å². The first-order valence-corrected chi connectivity index (χ1v) is 7.23. The molecule has 2 aromatic carbocycles. The van der Waals surface area contributed by atoms with E-state index in [-0.39, 0.29) is 5.75 Å². The van der Waals surface area contributed by atoms with Gasteiger partial charge in [0.15, 0.2) is 17.4 Å². The van der Waals surface area contributed by atoms with E-state index in [0.29, 0.717) is 22.1 Å². The quantitative estimate of drug-likeness (QED) is 0.607. The highest BCUT2D eigenvalue weighted by Crippen LogP contribution is 2.30. The summed E-state index contributed by atoms with van der Waals surface area (Å²) in [5.41, 5.74) is 1.22. The Bertz CT molecular complexity index is 841. The summed E-state index contributed by atoms with van der Waals surface area (Å²) in [5.74, 6) is 0.0646. The summed E-state index contributed by atoms with van der Waals surface area (Å²) in [6.07, 6.45) is 0. The Labute approximate surface area is 133 Å². The molecule has 0 saturated heterocycles. The SMILES string of the molecule is COc1ccc(-c2nc(Cl)c3cccc(Br)c3n2)cc1F. The Hall–Kier alpha value is -1.72. The molecule has 0 radical (unpaired) electrons. The summed E-state index contributed by atoms with van der Waals surface area (Å²) in [6, 6.07) is 10.1. The lowest BCUT2D eigenvalue weighted by Gasteiger charge is -2.07. The zero-order chi connectivity index (χ0) is 15.0. The average molecular weight is 368 g/mol. The number of ether oxygens (including phenoxy) is 1. The van der Waals surface area contributed by atoms with Crippen LogP contribution in [0.3, 0.4) is 0 Å². The molecule has 0 aliphatic heterocycles. The highest BCUT2D eigenvalue weighted by atomic mass is 79.9. The van der Waals surface area contributed by atoms with E-state index in [2.05, 4.69) is 25.9 Å². The van der Waals surface area contributed by atoms with Crippen LogP contribution in [0, 0.1) is 5.82 Å². The summed E-state index contributed by atoms with van der Waals surface area (Å²) < 4.78 is 19.5. The standard InChI is InChI=1S/C15H9BrClFN2O/c1-21-12-6-5-8(7-11(12)18)15-19-13-9(14(17)20-15)3-2-4-10(13)16/h2-7H,1H3. The molecule has 0 saturated carbocycles. The Morgan fingerprint density at radius 2 is 2.00 bits per heavy atom. The first kappa shape index (κ1) is 14.2. The number of nitrogens with zero attached hydrogens (tertiary/aromatic N) is 2. The van der Waals surface area contributed by atoms with Gasteiger partial charge in [-0.05, 0) is 46.3 Å². The van der Waals surface area contributed by atoms with Crippen LogP contribution >= 0.6 is 27.5 Å². The third kappa shape index (κ3) is 2.59. The summed E-state index contributed by atoms with van der Waals surface area (Å²) in [7, 11) is 1.42. The van der Waals surface area contributed by atoms with Gasteiger partial charge in [-0.3, -0.25) is 0 Å². The highest BCUT2D eigenvalue weighted by molar-refractivity contribution is 9.10. The van der Waals surface area contributed by atoms with E-state index in [9.17, 15) is 4.39 Å². The van der Waals surface area contributed by atoms with Crippen LogP contribution in [0.2, 0.25) is 5.15 Å². The minimum absolute atomic E-state index is 0.173. The van der Waals surface area contributed by atoms with Gasteiger partial charge in [0.2, 0.25) is 0 Å². The molecule has 1 aromatic heterocycles. The smallest absolute Gasteiger partial charge is 0.165 e. The number of halogens is 3. The van der Waals surface area contributed by atoms with Crippen molar-refractivity contribution in [3.05, 3.63) is 51.8 Å². The molecule has 3 rings (SSSR count). The maximum absolute atomic E-state index is 13.8. The summed E-state index contributed by atoms with van der Waals surface area (Å²) in [6.45, 7) is 0. The molecule has 21 heavy (non-hydrogen) atoms. The van der Waals surface area contributed by atoms with E-state index >= 15 is 0 Å². The van der Waals surface area contributed by atoms with Gasteiger partial charge < -0.3 is 4.74 Å². The second kappa shape index (κ2) is 5.58. The molecule has 0 N–H and O–H groups in total. The third-order valence-electron chi connectivity index (χ3n) is 3.04. The molecular formula is C15H9BrClFN2O. The zero-order valence-corrected chi connectivity index (χ0v) is 13.2. The van der Waals surface area contributed by atoms with Crippen molar-refractivity contribution in [3.8, 4) is 17.1 Å². The Morgan fingerprint density at radius 3 is 2.71 bits per heavy atom. The molecule has 1 heterocycles. The summed E-state index contributed by atoms with van der Waals surface area (Å²) >= 11 is 9.62. The van der Waals surface area contributed by atoms with Gasteiger partial charge >= 0.3 is 0 Å². The highest BCUT2D eigenvalue weighted by Gasteiger charge is 2.12. The van der Waals surface area contributed by atoms with Crippen molar-refractivity contribution < 1.29 is 9.13 Å². The number of benzene rings is 2. The van der Waals surface area contributed by atoms with Crippen molar-refractivity contribution in [2.45, 2.75) is 0 Å². The maximum atomic E-state index is 13.8. The Balaban J connectivity index is 2.21. The second-order valence-electron chi connectivity index (χ2n) is 4.32. The fourth-order valence-corrected chi connectivity index (χ4v) is 2.70. The molecule has 0 bridgehead atoms. The summed E-state index contributed by atoms with van der Waals surface area (Å²) in [5, 5.41) is 1.07. The number of rotatable bonds is 2. The van der Waals surface area contributed by atoms with E-state index in [1.54, 1.807) is 6.07 Å². The van der Waals surface area contributed by atoms with Crippen molar-refractivity contribution in [2.75, 3.05) is 7.11 Å². The Morgan fingerprint density at radius 1 is 1.19 bits per heavy atom. The number of fused-ring (bicyclic) bond motifs is 1. The van der Waals surface area contributed by atoms with Crippen LogP contribution in [-0.2, 0) is 0 Å². The first-order chi connectivity index (χ1) is 10.1. The molecular weight excluding hydrogens is 359 g/mol. The van der Waals surface area contributed by atoms with Crippen molar-refractivity contribution in [1.82, 2.24) is 9.97 Å². The van der Waals surface area contributed by atoms with Gasteiger partial charge in [0.25, 0.3) is 0 Å². The van der Waals surface area contributed by atoms with Crippen LogP contribution in [0.25, 0.3) is 22.3 Å². The molecule has 106 valence electrons. The number of para-hydroxylation sites is 1. The summed E-state index contributed by atoms with van der Waals surface area (Å²) in [4.78, 5) is 8.69. The molecule has 0 aliphatic carbocycles. The van der Waals surface area contributed by atoms with Crippen LogP contribution in [0.1, 0.15) is 0 Å². The van der Waals surface area contributed by atoms with Crippen molar-refractivity contribution >= 4 is 38.4 Å². The molecule has 6 heteroatoms. The lowest BCUT2D eigenvalue weighted by Crippen LogP contribution is -1.94. The number of hydrogen-bond donors (Lipinski definition) is 0. The topological polar surface area (TPSA) is 35.0 Å². The maximum Gasteiger partial charge on any atom is 0.165 e. The van der Waals surface area contributed by atoms with Gasteiger partial charge in [-0.15, -0.1) is 0 Å². The second-order valence-corrected chi connectivity index (χ2v) is 5.54. The van der Waals surface area contributed by atoms with Crippen LogP contribution in [0.4, 0.5) is 4.39 Å². The van der Waals surface area contributed by atoms with Gasteiger partial charge in [-0.2, -0.15) is 0 Å². The van der Waals surface area contributed by atoms with Gasteiger partial charge in [0.1, 0.15) is 5.15 Å². The molecule has 0 atom stereocenters. The molecule has 0 unspecified atom stereocenters. The van der Waals surface area contributed by atoms with Gasteiger partial charge in [-0.25, -0.2) is 14.4 Å². The molecule has 0 aliphatic rings. The molecule has 0 spiro atoms. The molecule has 3 nitrogen and oxygen atoms in total. The van der Waals surface area contributed by atoms with Gasteiger partial charge in [0, 0.05) is 15.4 Å². The van der Waals surface area contributed by atoms with Crippen LogP contribution in [0.15, 0.2) is 40.9 Å². The minimum atomic E-state index is -0.470. The van der Waals surface area contributed by atoms with Crippen LogP contribution in [-0.4, -0.2) is 17.1 Å².